The van der Waals surface area contributed by atoms with E-state index in [1.165, 1.54) is 0 Å². The van der Waals surface area contributed by atoms with Gasteiger partial charge >= 0.3 is 0 Å². The monoisotopic (exact) mass is 270 g/mol. The molecule has 0 fully saturated rings. The van der Waals surface area contributed by atoms with Gasteiger partial charge in [-0.2, -0.15) is 5.10 Å². The number of aliphatic imine (C=N–C) groups is 1. The van der Waals surface area contributed by atoms with E-state index in [4.69, 9.17) is 4.74 Å². The van der Waals surface area contributed by atoms with Crippen molar-refractivity contribution in [2.24, 2.45) is 12.0 Å². The minimum atomic E-state index is 0.581. The van der Waals surface area contributed by atoms with Crippen molar-refractivity contribution in [1.82, 2.24) is 15.1 Å². The van der Waals surface area contributed by atoms with Gasteiger partial charge in [0, 0.05) is 30.9 Å². The molecule has 5 heteroatoms. The predicted octanol–water partition coefficient (Wildman–Crippen LogP) is 1.49. The van der Waals surface area contributed by atoms with Gasteiger partial charge < -0.3 is 10.1 Å². The molecule has 0 aliphatic carbocycles. The molecular formula is C15H18N4O. The lowest BCUT2D eigenvalue weighted by Gasteiger charge is -2.06. The second-order valence-electron chi connectivity index (χ2n) is 4.87. The Bertz CT molecular complexity index is 618. The maximum absolute atomic E-state index is 5.72. The molecule has 0 radical (unpaired) electrons. The maximum Gasteiger partial charge on any atom is 0.128 e. The average Bonchev–Trinajstić information content (AvgIpc) is 3.11. The summed E-state index contributed by atoms with van der Waals surface area (Å²) < 4.78 is 7.50. The lowest BCUT2D eigenvalue weighted by Crippen LogP contribution is -2.19. The van der Waals surface area contributed by atoms with E-state index in [1.807, 2.05) is 25.5 Å². The molecule has 0 saturated heterocycles. The number of nitrogens with zero attached hydrogens (tertiary/aromatic N) is 3. The summed E-state index contributed by atoms with van der Waals surface area (Å²) >= 11 is 0. The molecule has 2 heterocycles. The number of hydrogen-bond donors (Lipinski definition) is 1. The summed E-state index contributed by atoms with van der Waals surface area (Å²) in [7, 11) is 1.91. The first-order valence-electron chi connectivity index (χ1n) is 6.74. The third-order valence-corrected chi connectivity index (χ3v) is 3.17. The van der Waals surface area contributed by atoms with Gasteiger partial charge in [0.1, 0.15) is 5.84 Å². The zero-order valence-corrected chi connectivity index (χ0v) is 11.5. The lowest BCUT2D eigenvalue weighted by atomic mass is 10.1. The van der Waals surface area contributed by atoms with Gasteiger partial charge in [-0.15, -0.1) is 0 Å². The molecule has 0 saturated carbocycles. The van der Waals surface area contributed by atoms with Gasteiger partial charge in [0.05, 0.1) is 26.0 Å². The van der Waals surface area contributed by atoms with Crippen molar-refractivity contribution in [3.05, 3.63) is 53.3 Å². The van der Waals surface area contributed by atoms with Crippen molar-refractivity contribution in [3.8, 4) is 0 Å². The molecule has 20 heavy (non-hydrogen) atoms. The van der Waals surface area contributed by atoms with Gasteiger partial charge in [-0.1, -0.05) is 18.2 Å². The molecule has 1 aliphatic rings. The van der Waals surface area contributed by atoms with E-state index in [-0.39, 0.29) is 0 Å². The Kier molecular flexibility index (Phi) is 3.78. The van der Waals surface area contributed by atoms with E-state index in [0.29, 0.717) is 13.2 Å². The number of rotatable bonds is 5. The first-order valence-corrected chi connectivity index (χ1v) is 6.74. The van der Waals surface area contributed by atoms with Crippen LogP contribution in [0.3, 0.4) is 0 Å². The quantitative estimate of drug-likeness (QED) is 0.895. The Labute approximate surface area is 118 Å². The first kappa shape index (κ1) is 12.9. The highest BCUT2D eigenvalue weighted by atomic mass is 16.5. The molecule has 0 bridgehead atoms. The van der Waals surface area contributed by atoms with E-state index in [0.717, 1.165) is 35.6 Å². The van der Waals surface area contributed by atoms with Crippen molar-refractivity contribution in [3.63, 3.8) is 0 Å². The van der Waals surface area contributed by atoms with Crippen molar-refractivity contribution in [2.45, 2.75) is 13.2 Å². The second-order valence-corrected chi connectivity index (χ2v) is 4.87. The average molecular weight is 270 g/mol. The first-order chi connectivity index (χ1) is 9.81. The molecule has 1 N–H and O–H groups in total. The smallest absolute Gasteiger partial charge is 0.128 e. The third kappa shape index (κ3) is 3.05. The van der Waals surface area contributed by atoms with Crippen LogP contribution in [0.15, 0.2) is 41.7 Å². The van der Waals surface area contributed by atoms with Crippen molar-refractivity contribution >= 4 is 5.84 Å². The zero-order valence-electron chi connectivity index (χ0n) is 11.5. The minimum Gasteiger partial charge on any atom is -0.372 e. The highest BCUT2D eigenvalue weighted by Crippen LogP contribution is 2.10. The van der Waals surface area contributed by atoms with Crippen molar-refractivity contribution in [1.29, 1.82) is 0 Å². The van der Waals surface area contributed by atoms with E-state index in [9.17, 15) is 0 Å². The van der Waals surface area contributed by atoms with Crippen molar-refractivity contribution in [2.75, 3.05) is 13.1 Å². The summed E-state index contributed by atoms with van der Waals surface area (Å²) in [5, 5.41) is 7.40. The largest absolute Gasteiger partial charge is 0.372 e. The lowest BCUT2D eigenvalue weighted by molar-refractivity contribution is 0.107. The summed E-state index contributed by atoms with van der Waals surface area (Å²) in [5.41, 5.74) is 3.37. The molecular weight excluding hydrogens is 252 g/mol. The van der Waals surface area contributed by atoms with Crippen LogP contribution in [0.1, 0.15) is 16.7 Å². The molecule has 0 amide bonds. The topological polar surface area (TPSA) is 51.4 Å². The zero-order chi connectivity index (χ0) is 13.8. The van der Waals surface area contributed by atoms with E-state index in [1.54, 1.807) is 4.68 Å². The molecule has 1 aromatic carbocycles. The van der Waals surface area contributed by atoms with Gasteiger partial charge in [0.15, 0.2) is 0 Å². The Morgan fingerprint density at radius 1 is 1.30 bits per heavy atom. The van der Waals surface area contributed by atoms with Gasteiger partial charge in [-0.25, -0.2) is 0 Å². The molecule has 0 atom stereocenters. The van der Waals surface area contributed by atoms with Crippen LogP contribution in [0, 0.1) is 0 Å². The number of ether oxygens (including phenoxy) is 1. The summed E-state index contributed by atoms with van der Waals surface area (Å²) in [4.78, 5) is 4.43. The molecule has 104 valence electrons. The van der Waals surface area contributed by atoms with Crippen LogP contribution in [-0.4, -0.2) is 28.7 Å². The Hall–Kier alpha value is -2.14. The van der Waals surface area contributed by atoms with Gasteiger partial charge in [0.2, 0.25) is 0 Å². The molecule has 0 unspecified atom stereocenters. The Balaban J connectivity index is 1.58. The third-order valence-electron chi connectivity index (χ3n) is 3.17. The number of aryl methyl sites for hydroxylation is 1. The van der Waals surface area contributed by atoms with E-state index >= 15 is 0 Å². The summed E-state index contributed by atoms with van der Waals surface area (Å²) in [5.74, 6) is 0.985. The van der Waals surface area contributed by atoms with Gasteiger partial charge in [-0.05, 0) is 11.6 Å². The summed E-state index contributed by atoms with van der Waals surface area (Å²) in [6.07, 6.45) is 3.79. The van der Waals surface area contributed by atoms with Gasteiger partial charge in [0.25, 0.3) is 0 Å². The SMILES string of the molecule is Cn1cc(COCc2cccc(C3=NCCN3)c2)cn1. The fraction of sp³-hybridized carbons (Fsp3) is 0.333. The number of hydrogen-bond acceptors (Lipinski definition) is 4. The number of nitrogens with one attached hydrogen (secondary N) is 1. The molecule has 5 nitrogen and oxygen atoms in total. The summed E-state index contributed by atoms with van der Waals surface area (Å²) in [6, 6.07) is 8.31. The standard InChI is InChI=1S/C15H18N4O/c1-19-9-13(8-18-19)11-20-10-12-3-2-4-14(7-12)15-16-5-6-17-15/h2-4,7-9H,5-6,10-11H2,1H3,(H,16,17). The van der Waals surface area contributed by atoms with Crippen LogP contribution in [0.25, 0.3) is 0 Å². The summed E-state index contributed by atoms with van der Waals surface area (Å²) in [6.45, 7) is 2.96. The van der Waals surface area contributed by atoms with Crippen LogP contribution >= 0.6 is 0 Å². The number of aromatic nitrogens is 2. The van der Waals surface area contributed by atoms with Crippen LogP contribution in [0.5, 0.6) is 0 Å². The van der Waals surface area contributed by atoms with Crippen molar-refractivity contribution < 1.29 is 4.74 Å². The van der Waals surface area contributed by atoms with Crippen LogP contribution in [0.2, 0.25) is 0 Å². The molecule has 0 spiro atoms. The second kappa shape index (κ2) is 5.88. The highest BCUT2D eigenvalue weighted by Gasteiger charge is 2.08. The Morgan fingerprint density at radius 2 is 2.20 bits per heavy atom. The normalized spacial score (nSPS) is 14.2. The molecule has 2 aromatic rings. The number of amidine groups is 1. The fourth-order valence-electron chi connectivity index (χ4n) is 2.23. The minimum absolute atomic E-state index is 0.581. The van der Waals surface area contributed by atoms with Crippen LogP contribution in [-0.2, 0) is 25.0 Å². The van der Waals surface area contributed by atoms with Crippen LogP contribution < -0.4 is 5.32 Å². The maximum atomic E-state index is 5.72. The Morgan fingerprint density at radius 3 is 2.95 bits per heavy atom. The molecule has 1 aliphatic heterocycles. The van der Waals surface area contributed by atoms with E-state index in [2.05, 4.69) is 33.6 Å². The predicted molar refractivity (Wildman–Crippen MR) is 77.5 cm³/mol. The highest BCUT2D eigenvalue weighted by molar-refractivity contribution is 5.99. The number of benzene rings is 1. The molecule has 1 aromatic heterocycles. The van der Waals surface area contributed by atoms with E-state index < -0.39 is 0 Å². The van der Waals surface area contributed by atoms with Gasteiger partial charge in [-0.3, -0.25) is 9.67 Å². The molecule has 3 rings (SSSR count). The van der Waals surface area contributed by atoms with Crippen LogP contribution in [0.4, 0.5) is 0 Å². The fourth-order valence-corrected chi connectivity index (χ4v) is 2.23.